The molecule has 2 aliphatic rings. The molecule has 114 valence electrons. The van der Waals surface area contributed by atoms with E-state index in [1.54, 1.807) is 11.9 Å². The quantitative estimate of drug-likeness (QED) is 0.799. The van der Waals surface area contributed by atoms with E-state index in [0.717, 1.165) is 19.5 Å². The van der Waals surface area contributed by atoms with Gasteiger partial charge in [-0.25, -0.2) is 0 Å². The lowest BCUT2D eigenvalue weighted by molar-refractivity contribution is -0.134. The Morgan fingerprint density at radius 3 is 2.75 bits per heavy atom. The summed E-state index contributed by atoms with van der Waals surface area (Å²) in [6.07, 6.45) is 4.28. The third-order valence-electron chi connectivity index (χ3n) is 4.69. The molecule has 2 amide bonds. The van der Waals surface area contributed by atoms with E-state index in [0.29, 0.717) is 31.2 Å². The van der Waals surface area contributed by atoms with Gasteiger partial charge in [-0.3, -0.25) is 9.59 Å². The summed E-state index contributed by atoms with van der Waals surface area (Å²) in [4.78, 5) is 25.3. The van der Waals surface area contributed by atoms with Crippen LogP contribution in [0.15, 0.2) is 0 Å². The molecule has 0 aliphatic carbocycles. The van der Waals surface area contributed by atoms with Crippen LogP contribution in [-0.4, -0.2) is 49.4 Å². The van der Waals surface area contributed by atoms with E-state index in [1.165, 1.54) is 12.8 Å². The van der Waals surface area contributed by atoms with Gasteiger partial charge in [0.25, 0.3) is 0 Å². The Bertz CT molecular complexity index is 353. The highest BCUT2D eigenvalue weighted by Gasteiger charge is 2.26. The van der Waals surface area contributed by atoms with Crippen molar-refractivity contribution < 1.29 is 9.59 Å². The minimum atomic E-state index is 0.130. The first-order valence-electron chi connectivity index (χ1n) is 7.80. The lowest BCUT2D eigenvalue weighted by Gasteiger charge is -2.31. The summed E-state index contributed by atoms with van der Waals surface area (Å²) >= 11 is 0. The van der Waals surface area contributed by atoms with E-state index >= 15 is 0 Å². The lowest BCUT2D eigenvalue weighted by atomic mass is 9.84. The van der Waals surface area contributed by atoms with E-state index in [4.69, 9.17) is 0 Å². The summed E-state index contributed by atoms with van der Waals surface area (Å²) in [5, 5.41) is 6.45. The number of hydrogen-bond acceptors (Lipinski definition) is 3. The van der Waals surface area contributed by atoms with Crippen LogP contribution in [0.4, 0.5) is 0 Å². The topological polar surface area (TPSA) is 61.4 Å². The molecule has 2 fully saturated rings. The largest absolute Gasteiger partial charge is 0.352 e. The molecule has 5 nitrogen and oxygen atoms in total. The van der Waals surface area contributed by atoms with E-state index < -0.39 is 0 Å². The van der Waals surface area contributed by atoms with Gasteiger partial charge in [0.05, 0.1) is 0 Å². The fraction of sp³-hybridized carbons (Fsp3) is 0.867. The summed E-state index contributed by atoms with van der Waals surface area (Å²) in [5.74, 6) is 1.43. The first kappa shape index (κ1) is 15.3. The van der Waals surface area contributed by atoms with Crippen molar-refractivity contribution in [3.8, 4) is 0 Å². The number of carbonyl (C=O) groups excluding carboxylic acids is 2. The Kier molecular flexibility index (Phi) is 5.40. The van der Waals surface area contributed by atoms with Crippen molar-refractivity contribution in [2.45, 2.75) is 45.1 Å². The minimum Gasteiger partial charge on any atom is -0.352 e. The highest BCUT2D eigenvalue weighted by molar-refractivity contribution is 5.79. The number of likely N-dealkylation sites (N-methyl/N-ethyl adjacent to an activating group) is 1. The van der Waals surface area contributed by atoms with Gasteiger partial charge in [0, 0.05) is 32.5 Å². The molecule has 20 heavy (non-hydrogen) atoms. The molecule has 0 aromatic heterocycles. The molecule has 2 rings (SSSR count). The summed E-state index contributed by atoms with van der Waals surface area (Å²) in [5.41, 5.74) is 0. The zero-order valence-electron chi connectivity index (χ0n) is 12.7. The summed E-state index contributed by atoms with van der Waals surface area (Å²) in [7, 11) is 1.80. The number of likely N-dealkylation sites (tertiary alicyclic amines) is 1. The minimum absolute atomic E-state index is 0.130. The van der Waals surface area contributed by atoms with Gasteiger partial charge in [0.15, 0.2) is 0 Å². The molecule has 2 atom stereocenters. The van der Waals surface area contributed by atoms with Gasteiger partial charge in [-0.1, -0.05) is 6.92 Å². The molecule has 2 aliphatic heterocycles. The third kappa shape index (κ3) is 4.20. The Hall–Kier alpha value is -1.10. The average Bonchev–Trinajstić information content (AvgIpc) is 2.44. The van der Waals surface area contributed by atoms with Crippen molar-refractivity contribution >= 4 is 11.8 Å². The molecule has 2 unspecified atom stereocenters. The smallest absolute Gasteiger partial charge is 0.222 e. The van der Waals surface area contributed by atoms with Crippen LogP contribution in [-0.2, 0) is 9.59 Å². The van der Waals surface area contributed by atoms with E-state index in [9.17, 15) is 9.59 Å². The van der Waals surface area contributed by atoms with Gasteiger partial charge in [-0.2, -0.15) is 0 Å². The van der Waals surface area contributed by atoms with E-state index in [1.807, 2.05) is 0 Å². The van der Waals surface area contributed by atoms with Crippen molar-refractivity contribution in [1.29, 1.82) is 0 Å². The third-order valence-corrected chi connectivity index (χ3v) is 4.69. The Morgan fingerprint density at radius 1 is 1.40 bits per heavy atom. The van der Waals surface area contributed by atoms with Crippen LogP contribution in [0.2, 0.25) is 0 Å². The standard InChI is InChI=1S/C15H27N3O2/c1-11(12-5-7-16-8-6-12)9-14(19)17-13-3-4-15(20)18(2)10-13/h11-13,16H,3-10H2,1-2H3,(H,17,19). The van der Waals surface area contributed by atoms with Crippen LogP contribution in [0.25, 0.3) is 0 Å². The number of piperidine rings is 2. The highest BCUT2D eigenvalue weighted by atomic mass is 16.2. The Morgan fingerprint density at radius 2 is 2.10 bits per heavy atom. The number of amides is 2. The van der Waals surface area contributed by atoms with Crippen LogP contribution in [0.5, 0.6) is 0 Å². The fourth-order valence-corrected chi connectivity index (χ4v) is 3.29. The molecule has 2 heterocycles. The van der Waals surface area contributed by atoms with Crippen molar-refractivity contribution in [1.82, 2.24) is 15.5 Å². The van der Waals surface area contributed by atoms with Crippen LogP contribution in [0, 0.1) is 11.8 Å². The van der Waals surface area contributed by atoms with Crippen LogP contribution < -0.4 is 10.6 Å². The number of hydrogen-bond donors (Lipinski definition) is 2. The Labute approximate surface area is 121 Å². The maximum atomic E-state index is 12.1. The molecule has 5 heteroatoms. The summed E-state index contributed by atoms with van der Waals surface area (Å²) in [6, 6.07) is 0.130. The molecule has 0 aromatic carbocycles. The highest BCUT2D eigenvalue weighted by Crippen LogP contribution is 2.24. The predicted octanol–water partition coefficient (Wildman–Crippen LogP) is 0.749. The molecular formula is C15H27N3O2. The zero-order chi connectivity index (χ0) is 14.5. The van der Waals surface area contributed by atoms with Crippen molar-refractivity contribution in [3.05, 3.63) is 0 Å². The van der Waals surface area contributed by atoms with Gasteiger partial charge < -0.3 is 15.5 Å². The SMILES string of the molecule is CC(CC(=O)NC1CCC(=O)N(C)C1)C1CCNCC1. The van der Waals surface area contributed by atoms with Gasteiger partial charge >= 0.3 is 0 Å². The molecule has 0 spiro atoms. The van der Waals surface area contributed by atoms with Crippen LogP contribution in [0.3, 0.4) is 0 Å². The first-order valence-corrected chi connectivity index (χ1v) is 7.80. The molecule has 0 bridgehead atoms. The van der Waals surface area contributed by atoms with Gasteiger partial charge in [0.1, 0.15) is 0 Å². The van der Waals surface area contributed by atoms with Crippen LogP contribution >= 0.6 is 0 Å². The van der Waals surface area contributed by atoms with E-state index in [-0.39, 0.29) is 17.9 Å². The fourth-order valence-electron chi connectivity index (χ4n) is 3.29. The van der Waals surface area contributed by atoms with Gasteiger partial charge in [-0.15, -0.1) is 0 Å². The Balaban J connectivity index is 1.73. The zero-order valence-corrected chi connectivity index (χ0v) is 12.7. The van der Waals surface area contributed by atoms with Crippen molar-refractivity contribution in [3.63, 3.8) is 0 Å². The summed E-state index contributed by atoms with van der Waals surface area (Å²) < 4.78 is 0. The molecule has 0 radical (unpaired) electrons. The maximum Gasteiger partial charge on any atom is 0.222 e. The van der Waals surface area contributed by atoms with Crippen molar-refractivity contribution in [2.75, 3.05) is 26.7 Å². The second-order valence-corrected chi connectivity index (χ2v) is 6.35. The number of nitrogens with one attached hydrogen (secondary N) is 2. The lowest BCUT2D eigenvalue weighted by Crippen LogP contribution is -2.48. The van der Waals surface area contributed by atoms with Gasteiger partial charge in [-0.05, 0) is 44.2 Å². The normalized spacial score (nSPS) is 26.4. The molecule has 0 aromatic rings. The number of rotatable bonds is 4. The van der Waals surface area contributed by atoms with Crippen LogP contribution in [0.1, 0.15) is 39.0 Å². The average molecular weight is 281 g/mol. The molecule has 2 N–H and O–H groups in total. The summed E-state index contributed by atoms with van der Waals surface area (Å²) in [6.45, 7) is 4.98. The molecular weight excluding hydrogens is 254 g/mol. The molecule has 2 saturated heterocycles. The maximum absolute atomic E-state index is 12.1. The second kappa shape index (κ2) is 7.07. The second-order valence-electron chi connectivity index (χ2n) is 6.35. The van der Waals surface area contributed by atoms with E-state index in [2.05, 4.69) is 17.6 Å². The number of nitrogens with zero attached hydrogens (tertiary/aromatic N) is 1. The molecule has 0 saturated carbocycles. The predicted molar refractivity (Wildman–Crippen MR) is 78.2 cm³/mol. The number of carbonyl (C=O) groups is 2. The van der Waals surface area contributed by atoms with Gasteiger partial charge in [0.2, 0.25) is 11.8 Å². The first-order chi connectivity index (χ1) is 9.56. The van der Waals surface area contributed by atoms with Crippen molar-refractivity contribution in [2.24, 2.45) is 11.8 Å². The monoisotopic (exact) mass is 281 g/mol.